The number of nitrogens with zero attached hydrogens (tertiary/aromatic N) is 3. The quantitative estimate of drug-likeness (QED) is 0.815. The number of aromatic amines is 1. The van der Waals surface area contributed by atoms with E-state index in [-0.39, 0.29) is 5.91 Å². The van der Waals surface area contributed by atoms with Crippen LogP contribution in [0.25, 0.3) is 0 Å². The van der Waals surface area contributed by atoms with Crippen molar-refractivity contribution in [2.24, 2.45) is 5.92 Å². The Morgan fingerprint density at radius 3 is 2.65 bits per heavy atom. The van der Waals surface area contributed by atoms with Gasteiger partial charge in [-0.25, -0.2) is 0 Å². The van der Waals surface area contributed by atoms with Crippen molar-refractivity contribution < 1.29 is 9.90 Å². The van der Waals surface area contributed by atoms with E-state index in [1.165, 1.54) is 32.1 Å². The minimum absolute atomic E-state index is 0.0678. The number of nitrogens with one attached hydrogen (secondary N) is 1. The van der Waals surface area contributed by atoms with Crippen LogP contribution in [0.4, 0.5) is 0 Å². The van der Waals surface area contributed by atoms with E-state index in [0.717, 1.165) is 36.5 Å². The second-order valence-corrected chi connectivity index (χ2v) is 8.48. The van der Waals surface area contributed by atoms with Gasteiger partial charge in [0.1, 0.15) is 0 Å². The maximum Gasteiger partial charge on any atom is 0.255 e. The third kappa shape index (κ3) is 4.29. The lowest BCUT2D eigenvalue weighted by atomic mass is 9.86. The lowest BCUT2D eigenvalue weighted by Gasteiger charge is -2.41. The molecule has 1 amide bonds. The van der Waals surface area contributed by atoms with E-state index >= 15 is 0 Å². The Balaban J connectivity index is 1.61. The molecule has 2 heterocycles. The smallest absolute Gasteiger partial charge is 0.255 e. The minimum atomic E-state index is -1.26. The summed E-state index contributed by atoms with van der Waals surface area (Å²) >= 11 is 0. The highest BCUT2D eigenvalue weighted by Gasteiger charge is 2.43. The fourth-order valence-corrected chi connectivity index (χ4v) is 4.65. The fourth-order valence-electron chi connectivity index (χ4n) is 4.65. The number of aryl methyl sites for hydroxylation is 2. The number of carbonyl (C=O) groups excluding carboxylic acids is 1. The first-order chi connectivity index (χ1) is 12.4. The highest BCUT2D eigenvalue weighted by Crippen LogP contribution is 2.29. The number of aromatic nitrogens is 2. The number of aliphatic hydroxyl groups is 1. The SMILES string of the molecule is Cc1n[nH]c(C)c1CN(C)C[C@]1(O)CCCN(CC2CCCCC2)C1=O. The zero-order valence-electron chi connectivity index (χ0n) is 16.6. The molecule has 1 atom stereocenters. The van der Waals surface area contributed by atoms with Crippen molar-refractivity contribution in [1.29, 1.82) is 0 Å². The van der Waals surface area contributed by atoms with Gasteiger partial charge in [-0.15, -0.1) is 0 Å². The van der Waals surface area contributed by atoms with Crippen LogP contribution in [-0.2, 0) is 11.3 Å². The summed E-state index contributed by atoms with van der Waals surface area (Å²) in [5.41, 5.74) is 1.93. The molecule has 1 aliphatic carbocycles. The van der Waals surface area contributed by atoms with Crippen molar-refractivity contribution in [1.82, 2.24) is 20.0 Å². The van der Waals surface area contributed by atoms with Crippen LogP contribution in [0.3, 0.4) is 0 Å². The Kier molecular flexibility index (Phi) is 6.03. The molecule has 6 heteroatoms. The van der Waals surface area contributed by atoms with Crippen molar-refractivity contribution in [2.75, 3.05) is 26.7 Å². The Morgan fingerprint density at radius 2 is 2.00 bits per heavy atom. The number of hydrogen-bond acceptors (Lipinski definition) is 4. The Labute approximate surface area is 156 Å². The van der Waals surface area contributed by atoms with Crippen LogP contribution in [0.15, 0.2) is 0 Å². The lowest BCUT2D eigenvalue weighted by molar-refractivity contribution is -0.160. The van der Waals surface area contributed by atoms with Crippen LogP contribution in [0.1, 0.15) is 61.9 Å². The first-order valence-electron chi connectivity index (χ1n) is 10.1. The molecule has 26 heavy (non-hydrogen) atoms. The van der Waals surface area contributed by atoms with E-state index in [2.05, 4.69) is 10.2 Å². The van der Waals surface area contributed by atoms with E-state index in [4.69, 9.17) is 0 Å². The second kappa shape index (κ2) is 8.09. The van der Waals surface area contributed by atoms with Crippen molar-refractivity contribution in [3.63, 3.8) is 0 Å². The van der Waals surface area contributed by atoms with Gasteiger partial charge in [0.05, 0.1) is 5.69 Å². The van der Waals surface area contributed by atoms with Gasteiger partial charge in [0, 0.05) is 37.4 Å². The molecule has 146 valence electrons. The van der Waals surface area contributed by atoms with E-state index in [9.17, 15) is 9.90 Å². The Morgan fingerprint density at radius 1 is 1.27 bits per heavy atom. The second-order valence-electron chi connectivity index (χ2n) is 8.48. The zero-order valence-corrected chi connectivity index (χ0v) is 16.6. The average Bonchev–Trinajstić information content (AvgIpc) is 2.92. The summed E-state index contributed by atoms with van der Waals surface area (Å²) in [6, 6.07) is 0. The number of hydrogen-bond donors (Lipinski definition) is 2. The van der Waals surface area contributed by atoms with Crippen LogP contribution >= 0.6 is 0 Å². The number of piperidine rings is 1. The van der Waals surface area contributed by atoms with Gasteiger partial charge in [-0.05, 0) is 52.5 Å². The van der Waals surface area contributed by atoms with Crippen molar-refractivity contribution >= 4 is 5.91 Å². The first-order valence-corrected chi connectivity index (χ1v) is 10.1. The number of amides is 1. The summed E-state index contributed by atoms with van der Waals surface area (Å²) in [4.78, 5) is 17.0. The molecule has 0 aromatic carbocycles. The van der Waals surface area contributed by atoms with Gasteiger partial charge in [0.25, 0.3) is 5.91 Å². The molecule has 6 nitrogen and oxygen atoms in total. The predicted octanol–water partition coefficient (Wildman–Crippen LogP) is 2.39. The van der Waals surface area contributed by atoms with Crippen LogP contribution in [0.2, 0.25) is 0 Å². The molecule has 0 unspecified atom stereocenters. The minimum Gasteiger partial charge on any atom is -0.379 e. The summed E-state index contributed by atoms with van der Waals surface area (Å²) in [7, 11) is 1.97. The van der Waals surface area contributed by atoms with Gasteiger partial charge < -0.3 is 10.0 Å². The molecule has 1 saturated carbocycles. The standard InChI is InChI=1S/C20H34N4O2/c1-15-18(16(2)22-21-15)13-23(3)14-20(26)10-7-11-24(19(20)25)12-17-8-5-4-6-9-17/h17,26H,4-14H2,1-3H3,(H,21,22)/t20-/m1/s1. The average molecular weight is 363 g/mol. The van der Waals surface area contributed by atoms with Gasteiger partial charge in [0.2, 0.25) is 0 Å². The van der Waals surface area contributed by atoms with Crippen molar-refractivity contribution in [3.05, 3.63) is 17.0 Å². The summed E-state index contributed by atoms with van der Waals surface area (Å²) in [5, 5.41) is 18.4. The number of H-pyrrole nitrogens is 1. The maximum absolute atomic E-state index is 13.0. The fraction of sp³-hybridized carbons (Fsp3) is 0.800. The molecule has 0 spiro atoms. The normalized spacial score (nSPS) is 25.3. The predicted molar refractivity (Wildman–Crippen MR) is 102 cm³/mol. The Hall–Kier alpha value is -1.40. The molecule has 2 aliphatic rings. The topological polar surface area (TPSA) is 72.5 Å². The molecule has 0 bridgehead atoms. The van der Waals surface area contributed by atoms with E-state index in [1.807, 2.05) is 30.7 Å². The molecule has 0 radical (unpaired) electrons. The molecule has 1 saturated heterocycles. The molecule has 1 aromatic heterocycles. The molecule has 1 aromatic rings. The first kappa shape index (κ1) is 19.4. The van der Waals surface area contributed by atoms with Gasteiger partial charge in [-0.1, -0.05) is 19.3 Å². The van der Waals surface area contributed by atoms with Gasteiger partial charge >= 0.3 is 0 Å². The third-order valence-electron chi connectivity index (χ3n) is 6.15. The number of likely N-dealkylation sites (tertiary alicyclic amines) is 1. The Bertz CT molecular complexity index is 604. The lowest BCUT2D eigenvalue weighted by Crippen LogP contribution is -2.58. The van der Waals surface area contributed by atoms with Gasteiger partial charge in [0.15, 0.2) is 5.60 Å². The number of carbonyl (C=O) groups is 1. The number of likely N-dealkylation sites (N-methyl/N-ethyl adjacent to an activating group) is 1. The van der Waals surface area contributed by atoms with Gasteiger partial charge in [-0.3, -0.25) is 14.8 Å². The molecular weight excluding hydrogens is 328 g/mol. The highest BCUT2D eigenvalue weighted by atomic mass is 16.3. The number of rotatable bonds is 6. The van der Waals surface area contributed by atoms with Crippen molar-refractivity contribution in [3.8, 4) is 0 Å². The molecule has 2 N–H and O–H groups in total. The molecular formula is C20H34N4O2. The summed E-state index contributed by atoms with van der Waals surface area (Å²) in [6.45, 7) is 6.67. The van der Waals surface area contributed by atoms with Crippen LogP contribution in [0.5, 0.6) is 0 Å². The third-order valence-corrected chi connectivity index (χ3v) is 6.15. The van der Waals surface area contributed by atoms with E-state index < -0.39 is 5.60 Å². The molecule has 2 fully saturated rings. The van der Waals surface area contributed by atoms with Crippen molar-refractivity contribution in [2.45, 2.75) is 70.9 Å². The van der Waals surface area contributed by atoms with Crippen LogP contribution in [-0.4, -0.2) is 63.3 Å². The highest BCUT2D eigenvalue weighted by molar-refractivity contribution is 5.86. The van der Waals surface area contributed by atoms with E-state index in [0.29, 0.717) is 25.4 Å². The summed E-state index contributed by atoms with van der Waals surface area (Å²) in [5.74, 6) is 0.547. The summed E-state index contributed by atoms with van der Waals surface area (Å²) in [6.07, 6.45) is 7.77. The van der Waals surface area contributed by atoms with Crippen LogP contribution in [0, 0.1) is 19.8 Å². The molecule has 1 aliphatic heterocycles. The zero-order chi connectivity index (χ0) is 18.7. The largest absolute Gasteiger partial charge is 0.379 e. The van der Waals surface area contributed by atoms with Crippen LogP contribution < -0.4 is 0 Å². The van der Waals surface area contributed by atoms with E-state index in [1.54, 1.807) is 0 Å². The molecule has 3 rings (SSSR count). The summed E-state index contributed by atoms with van der Waals surface area (Å²) < 4.78 is 0. The maximum atomic E-state index is 13.0. The monoisotopic (exact) mass is 362 g/mol. The van der Waals surface area contributed by atoms with Gasteiger partial charge in [-0.2, -0.15) is 5.10 Å².